The van der Waals surface area contributed by atoms with Gasteiger partial charge in [0.2, 0.25) is 0 Å². The molecular formula is C15H19NO2. The zero-order valence-electron chi connectivity index (χ0n) is 11.0. The van der Waals surface area contributed by atoms with Gasteiger partial charge in [-0.1, -0.05) is 31.2 Å². The van der Waals surface area contributed by atoms with Crippen molar-refractivity contribution in [3.63, 3.8) is 0 Å². The van der Waals surface area contributed by atoms with Gasteiger partial charge in [0.1, 0.15) is 0 Å². The van der Waals surface area contributed by atoms with Crippen LogP contribution in [0.15, 0.2) is 24.3 Å². The summed E-state index contributed by atoms with van der Waals surface area (Å²) in [5, 5.41) is 0. The van der Waals surface area contributed by atoms with Crippen LogP contribution in [0.3, 0.4) is 0 Å². The lowest BCUT2D eigenvalue weighted by Gasteiger charge is -2.37. The minimum absolute atomic E-state index is 0.156. The third-order valence-electron chi connectivity index (χ3n) is 4.09. The molecule has 3 rings (SSSR count). The second kappa shape index (κ2) is 4.09. The fourth-order valence-corrected chi connectivity index (χ4v) is 2.87. The molecule has 1 saturated heterocycles. The van der Waals surface area contributed by atoms with Crippen LogP contribution in [0.5, 0.6) is 0 Å². The highest BCUT2D eigenvalue weighted by molar-refractivity contribution is 5.87. The maximum absolute atomic E-state index is 12.5. The molecule has 96 valence electrons. The molecule has 0 spiro atoms. The maximum atomic E-state index is 12.5. The zero-order valence-corrected chi connectivity index (χ0v) is 11.0. The summed E-state index contributed by atoms with van der Waals surface area (Å²) in [6, 6.07) is 8.68. The fourth-order valence-electron chi connectivity index (χ4n) is 2.87. The zero-order chi connectivity index (χ0) is 12.8. The lowest BCUT2D eigenvalue weighted by molar-refractivity contribution is -0.139. The Morgan fingerprint density at radius 1 is 1.50 bits per heavy atom. The Morgan fingerprint density at radius 2 is 2.22 bits per heavy atom. The van der Waals surface area contributed by atoms with Crippen molar-refractivity contribution in [1.29, 1.82) is 0 Å². The molecule has 2 unspecified atom stereocenters. The van der Waals surface area contributed by atoms with E-state index in [1.54, 1.807) is 0 Å². The van der Waals surface area contributed by atoms with E-state index >= 15 is 0 Å². The van der Waals surface area contributed by atoms with E-state index in [9.17, 15) is 4.79 Å². The van der Waals surface area contributed by atoms with Gasteiger partial charge >= 0.3 is 0 Å². The Balaban J connectivity index is 1.92. The van der Waals surface area contributed by atoms with Crippen molar-refractivity contribution >= 4 is 5.91 Å². The molecule has 18 heavy (non-hydrogen) atoms. The maximum Gasteiger partial charge on any atom is 0.257 e. The lowest BCUT2D eigenvalue weighted by atomic mass is 9.90. The van der Waals surface area contributed by atoms with Gasteiger partial charge in [0.25, 0.3) is 5.91 Å². The topological polar surface area (TPSA) is 32.8 Å². The van der Waals surface area contributed by atoms with Crippen molar-refractivity contribution in [3.05, 3.63) is 35.4 Å². The molecule has 1 aromatic rings. The van der Waals surface area contributed by atoms with Gasteiger partial charge in [0.05, 0.1) is 12.6 Å². The van der Waals surface area contributed by atoms with E-state index in [0.29, 0.717) is 6.61 Å². The van der Waals surface area contributed by atoms with Crippen LogP contribution in [0, 0.1) is 0 Å². The molecule has 0 saturated carbocycles. The number of fused-ring (bicyclic) bond motifs is 1. The SMILES string of the molecule is CCC1c2ccccc2CCN1C(=O)C1(C)CO1. The molecule has 2 atom stereocenters. The lowest BCUT2D eigenvalue weighted by Crippen LogP contribution is -2.45. The van der Waals surface area contributed by atoms with Gasteiger partial charge in [0, 0.05) is 6.54 Å². The summed E-state index contributed by atoms with van der Waals surface area (Å²) >= 11 is 0. The number of hydrogen-bond donors (Lipinski definition) is 0. The average molecular weight is 245 g/mol. The molecule has 0 aliphatic carbocycles. The first-order valence-corrected chi connectivity index (χ1v) is 6.68. The number of benzene rings is 1. The number of carbonyl (C=O) groups is 1. The predicted molar refractivity (Wildman–Crippen MR) is 69.2 cm³/mol. The molecular weight excluding hydrogens is 226 g/mol. The van der Waals surface area contributed by atoms with Gasteiger partial charge in [-0.15, -0.1) is 0 Å². The van der Waals surface area contributed by atoms with Crippen LogP contribution in [0.2, 0.25) is 0 Å². The minimum Gasteiger partial charge on any atom is -0.359 e. The highest BCUT2D eigenvalue weighted by Crippen LogP contribution is 2.37. The molecule has 3 heteroatoms. The van der Waals surface area contributed by atoms with Crippen LogP contribution >= 0.6 is 0 Å². The highest BCUT2D eigenvalue weighted by Gasteiger charge is 2.51. The number of rotatable bonds is 2. The van der Waals surface area contributed by atoms with E-state index < -0.39 is 5.60 Å². The summed E-state index contributed by atoms with van der Waals surface area (Å²) in [6.45, 7) is 5.42. The van der Waals surface area contributed by atoms with Gasteiger partial charge in [-0.3, -0.25) is 4.79 Å². The van der Waals surface area contributed by atoms with Crippen molar-refractivity contribution in [2.75, 3.05) is 13.2 Å². The number of nitrogens with zero attached hydrogens (tertiary/aromatic N) is 1. The largest absolute Gasteiger partial charge is 0.359 e. The summed E-state index contributed by atoms with van der Waals surface area (Å²) in [5.74, 6) is 0.156. The van der Waals surface area contributed by atoms with E-state index in [-0.39, 0.29) is 11.9 Å². The van der Waals surface area contributed by atoms with Crippen LogP contribution in [0.25, 0.3) is 0 Å². The molecule has 0 bridgehead atoms. The normalized spacial score (nSPS) is 29.9. The summed E-state index contributed by atoms with van der Waals surface area (Å²) in [5.41, 5.74) is 2.15. The standard InChI is InChI=1S/C15H19NO2/c1-3-13-12-7-5-4-6-11(12)8-9-16(13)14(17)15(2)10-18-15/h4-7,13H,3,8-10H2,1-2H3. The number of amides is 1. The molecule has 3 nitrogen and oxygen atoms in total. The number of epoxide rings is 1. The van der Waals surface area contributed by atoms with Gasteiger partial charge in [-0.05, 0) is 30.9 Å². The smallest absolute Gasteiger partial charge is 0.257 e. The van der Waals surface area contributed by atoms with Crippen LogP contribution in [0.1, 0.15) is 37.4 Å². The fraction of sp³-hybridized carbons (Fsp3) is 0.533. The Labute approximate surface area is 108 Å². The van der Waals surface area contributed by atoms with Crippen molar-refractivity contribution in [1.82, 2.24) is 4.90 Å². The molecule has 0 radical (unpaired) electrons. The first-order chi connectivity index (χ1) is 8.65. The van der Waals surface area contributed by atoms with Crippen LogP contribution in [-0.2, 0) is 16.0 Å². The van der Waals surface area contributed by atoms with E-state index in [0.717, 1.165) is 19.4 Å². The third kappa shape index (κ3) is 1.74. The summed E-state index contributed by atoms with van der Waals surface area (Å²) < 4.78 is 5.30. The summed E-state index contributed by atoms with van der Waals surface area (Å²) in [4.78, 5) is 14.5. The molecule has 0 N–H and O–H groups in total. The predicted octanol–water partition coefficient (Wildman–Crippen LogP) is 2.31. The molecule has 1 fully saturated rings. The molecule has 1 aromatic carbocycles. The number of ether oxygens (including phenoxy) is 1. The van der Waals surface area contributed by atoms with Crippen LogP contribution in [0.4, 0.5) is 0 Å². The van der Waals surface area contributed by atoms with Crippen molar-refractivity contribution in [2.24, 2.45) is 0 Å². The van der Waals surface area contributed by atoms with Crippen molar-refractivity contribution in [2.45, 2.75) is 38.3 Å². The van der Waals surface area contributed by atoms with E-state index in [1.807, 2.05) is 11.8 Å². The Bertz CT molecular complexity index is 479. The second-order valence-corrected chi connectivity index (χ2v) is 5.39. The molecule has 2 aliphatic rings. The van der Waals surface area contributed by atoms with Gasteiger partial charge in [-0.25, -0.2) is 0 Å². The third-order valence-corrected chi connectivity index (χ3v) is 4.09. The summed E-state index contributed by atoms with van der Waals surface area (Å²) in [7, 11) is 0. The van der Waals surface area contributed by atoms with Crippen LogP contribution in [-0.4, -0.2) is 29.6 Å². The Kier molecular flexibility index (Phi) is 2.67. The summed E-state index contributed by atoms with van der Waals surface area (Å²) in [6.07, 6.45) is 1.91. The van der Waals surface area contributed by atoms with Gasteiger partial charge in [0.15, 0.2) is 5.60 Å². The highest BCUT2D eigenvalue weighted by atomic mass is 16.6. The first kappa shape index (κ1) is 11.7. The first-order valence-electron chi connectivity index (χ1n) is 6.68. The van der Waals surface area contributed by atoms with Crippen LogP contribution < -0.4 is 0 Å². The number of carbonyl (C=O) groups excluding carboxylic acids is 1. The van der Waals surface area contributed by atoms with E-state index in [2.05, 4.69) is 31.2 Å². The monoisotopic (exact) mass is 245 g/mol. The molecule has 2 aliphatic heterocycles. The quantitative estimate of drug-likeness (QED) is 0.749. The van der Waals surface area contributed by atoms with Crippen molar-refractivity contribution < 1.29 is 9.53 Å². The minimum atomic E-state index is -0.542. The van der Waals surface area contributed by atoms with Crippen molar-refractivity contribution in [3.8, 4) is 0 Å². The molecule has 0 aromatic heterocycles. The Morgan fingerprint density at radius 3 is 2.89 bits per heavy atom. The van der Waals surface area contributed by atoms with Gasteiger partial charge < -0.3 is 9.64 Å². The molecule has 2 heterocycles. The Hall–Kier alpha value is -1.35. The van der Waals surface area contributed by atoms with E-state index in [4.69, 9.17) is 4.74 Å². The number of hydrogen-bond acceptors (Lipinski definition) is 2. The van der Waals surface area contributed by atoms with E-state index in [1.165, 1.54) is 11.1 Å². The molecule has 1 amide bonds. The van der Waals surface area contributed by atoms with Gasteiger partial charge in [-0.2, -0.15) is 0 Å². The average Bonchev–Trinajstić information content (AvgIpc) is 3.16. The second-order valence-electron chi connectivity index (χ2n) is 5.39.